The molecular formula is C17H21N3O2S. The summed E-state index contributed by atoms with van der Waals surface area (Å²) in [5.74, 6) is 0.982. The maximum Gasteiger partial charge on any atom is 0.271 e. The molecule has 1 amide bonds. The molecule has 0 radical (unpaired) electrons. The molecule has 2 bridgehead atoms. The Morgan fingerprint density at radius 3 is 2.83 bits per heavy atom. The lowest BCUT2D eigenvalue weighted by atomic mass is 9.67. The Hall–Kier alpha value is -1.66. The molecule has 122 valence electrons. The second kappa shape index (κ2) is 6.09. The summed E-state index contributed by atoms with van der Waals surface area (Å²) in [5.41, 5.74) is 7.57. The van der Waals surface area contributed by atoms with Gasteiger partial charge in [0.05, 0.1) is 6.26 Å². The number of rotatable bonds is 3. The van der Waals surface area contributed by atoms with Crippen LogP contribution < -0.4 is 11.1 Å². The van der Waals surface area contributed by atoms with Crippen LogP contribution in [0.4, 0.5) is 0 Å². The first-order chi connectivity index (χ1) is 11.2. The van der Waals surface area contributed by atoms with E-state index in [4.69, 9.17) is 10.2 Å². The lowest BCUT2D eigenvalue weighted by Gasteiger charge is -2.45. The van der Waals surface area contributed by atoms with Gasteiger partial charge in [-0.05, 0) is 43.6 Å². The fourth-order valence-electron chi connectivity index (χ4n) is 4.15. The first-order valence-corrected chi connectivity index (χ1v) is 9.13. The van der Waals surface area contributed by atoms with Crippen LogP contribution in [-0.4, -0.2) is 23.0 Å². The minimum absolute atomic E-state index is 0.0617. The molecule has 3 N–H and O–H groups in total. The van der Waals surface area contributed by atoms with E-state index in [1.807, 2.05) is 11.4 Å². The van der Waals surface area contributed by atoms with Crippen molar-refractivity contribution in [3.8, 4) is 10.6 Å². The Labute approximate surface area is 139 Å². The molecule has 0 aromatic carbocycles. The molecule has 2 fully saturated rings. The highest BCUT2D eigenvalue weighted by molar-refractivity contribution is 7.13. The number of nitrogens with one attached hydrogen (secondary N) is 1. The van der Waals surface area contributed by atoms with Crippen molar-refractivity contribution in [3.05, 3.63) is 29.7 Å². The van der Waals surface area contributed by atoms with Crippen LogP contribution in [0.15, 0.2) is 28.4 Å². The molecule has 2 aliphatic rings. The molecule has 2 heterocycles. The Bertz CT molecular complexity index is 668. The van der Waals surface area contributed by atoms with E-state index in [9.17, 15) is 4.79 Å². The van der Waals surface area contributed by atoms with E-state index in [0.29, 0.717) is 23.6 Å². The van der Waals surface area contributed by atoms with Gasteiger partial charge in [-0.1, -0.05) is 6.42 Å². The highest BCUT2D eigenvalue weighted by Gasteiger charge is 2.40. The van der Waals surface area contributed by atoms with Crippen molar-refractivity contribution in [2.24, 2.45) is 17.6 Å². The number of carbonyl (C=O) groups excluding carboxylic acids is 1. The number of nitrogens with zero attached hydrogens (tertiary/aromatic N) is 1. The maximum atomic E-state index is 12.6. The Kier molecular flexibility index (Phi) is 3.95. The zero-order valence-corrected chi connectivity index (χ0v) is 13.7. The molecule has 2 atom stereocenters. The van der Waals surface area contributed by atoms with Crippen molar-refractivity contribution >= 4 is 17.2 Å². The van der Waals surface area contributed by atoms with Crippen LogP contribution in [-0.2, 0) is 0 Å². The number of hydrogen-bond donors (Lipinski definition) is 2. The van der Waals surface area contributed by atoms with Gasteiger partial charge < -0.3 is 15.5 Å². The Balaban J connectivity index is 1.48. The summed E-state index contributed by atoms with van der Waals surface area (Å²) in [6, 6.07) is 2.41. The van der Waals surface area contributed by atoms with Crippen LogP contribution >= 0.6 is 11.3 Å². The fourth-order valence-corrected chi connectivity index (χ4v) is 4.93. The van der Waals surface area contributed by atoms with E-state index >= 15 is 0 Å². The SMILES string of the molecule is NC1CC2CCCC(C1)C2NC(=O)c1csc(-c2ccoc2)n1. The second-order valence-electron chi connectivity index (χ2n) is 6.73. The van der Waals surface area contributed by atoms with Gasteiger partial charge in [0.25, 0.3) is 5.91 Å². The molecule has 6 heteroatoms. The molecule has 0 aliphatic heterocycles. The Morgan fingerprint density at radius 2 is 2.13 bits per heavy atom. The smallest absolute Gasteiger partial charge is 0.271 e. The molecule has 4 rings (SSSR count). The number of furan rings is 1. The highest BCUT2D eigenvalue weighted by atomic mass is 32.1. The first kappa shape index (κ1) is 14.9. The largest absolute Gasteiger partial charge is 0.472 e. The van der Waals surface area contributed by atoms with E-state index < -0.39 is 0 Å². The molecule has 0 spiro atoms. The van der Waals surface area contributed by atoms with Gasteiger partial charge in [0.15, 0.2) is 0 Å². The van der Waals surface area contributed by atoms with E-state index in [2.05, 4.69) is 10.3 Å². The van der Waals surface area contributed by atoms with E-state index in [-0.39, 0.29) is 11.9 Å². The van der Waals surface area contributed by atoms with Gasteiger partial charge in [-0.25, -0.2) is 4.98 Å². The van der Waals surface area contributed by atoms with Crippen molar-refractivity contribution < 1.29 is 9.21 Å². The third-order valence-electron chi connectivity index (χ3n) is 5.18. The van der Waals surface area contributed by atoms with Crippen molar-refractivity contribution in [1.82, 2.24) is 10.3 Å². The summed E-state index contributed by atoms with van der Waals surface area (Å²) < 4.78 is 5.07. The van der Waals surface area contributed by atoms with Crippen LogP contribution in [0, 0.1) is 11.8 Å². The lowest BCUT2D eigenvalue weighted by molar-refractivity contribution is 0.0752. The summed E-state index contributed by atoms with van der Waals surface area (Å²) in [6.07, 6.45) is 8.92. The van der Waals surface area contributed by atoms with E-state index in [1.54, 1.807) is 12.5 Å². The van der Waals surface area contributed by atoms with Gasteiger partial charge in [0.2, 0.25) is 0 Å². The topological polar surface area (TPSA) is 81.1 Å². The van der Waals surface area contributed by atoms with Crippen LogP contribution in [0.5, 0.6) is 0 Å². The number of aromatic nitrogens is 1. The summed E-state index contributed by atoms with van der Waals surface area (Å²) in [7, 11) is 0. The maximum absolute atomic E-state index is 12.6. The first-order valence-electron chi connectivity index (χ1n) is 8.25. The van der Waals surface area contributed by atoms with Gasteiger partial charge in [-0.2, -0.15) is 0 Å². The summed E-state index contributed by atoms with van der Waals surface area (Å²) >= 11 is 1.47. The zero-order valence-electron chi connectivity index (χ0n) is 12.9. The number of fused-ring (bicyclic) bond motifs is 2. The van der Waals surface area contributed by atoms with Crippen LogP contribution in [0.1, 0.15) is 42.6 Å². The third kappa shape index (κ3) is 2.93. The number of amides is 1. The molecule has 23 heavy (non-hydrogen) atoms. The third-order valence-corrected chi connectivity index (χ3v) is 6.07. The standard InChI is InChI=1S/C17H21N3O2S/c18-13-6-10-2-1-3-11(7-13)15(10)20-16(21)14-9-23-17(19-14)12-4-5-22-8-12/h4-5,8-11,13,15H,1-3,6-7,18H2,(H,20,21). The molecule has 2 aromatic heterocycles. The summed E-state index contributed by atoms with van der Waals surface area (Å²) in [5, 5.41) is 5.88. The molecular weight excluding hydrogens is 310 g/mol. The van der Waals surface area contributed by atoms with Crippen molar-refractivity contribution in [3.63, 3.8) is 0 Å². The van der Waals surface area contributed by atoms with Crippen LogP contribution in [0.3, 0.4) is 0 Å². The minimum atomic E-state index is -0.0617. The number of thiazole rings is 1. The minimum Gasteiger partial charge on any atom is -0.472 e. The van der Waals surface area contributed by atoms with Gasteiger partial charge >= 0.3 is 0 Å². The van der Waals surface area contributed by atoms with Gasteiger partial charge in [0.1, 0.15) is 17.0 Å². The monoisotopic (exact) mass is 331 g/mol. The van der Waals surface area contributed by atoms with Crippen molar-refractivity contribution in [2.75, 3.05) is 0 Å². The lowest BCUT2D eigenvalue weighted by Crippen LogP contribution is -2.53. The van der Waals surface area contributed by atoms with Crippen molar-refractivity contribution in [1.29, 1.82) is 0 Å². The van der Waals surface area contributed by atoms with E-state index in [0.717, 1.165) is 23.4 Å². The van der Waals surface area contributed by atoms with Crippen LogP contribution in [0.2, 0.25) is 0 Å². The molecule has 2 saturated carbocycles. The predicted molar refractivity (Wildman–Crippen MR) is 89.1 cm³/mol. The average molecular weight is 331 g/mol. The van der Waals surface area contributed by atoms with Gasteiger partial charge in [-0.15, -0.1) is 11.3 Å². The molecule has 2 aromatic rings. The van der Waals surface area contributed by atoms with Gasteiger partial charge in [-0.3, -0.25) is 4.79 Å². The normalized spacial score (nSPS) is 30.1. The molecule has 2 aliphatic carbocycles. The quantitative estimate of drug-likeness (QED) is 0.906. The average Bonchev–Trinajstić information content (AvgIpc) is 3.19. The van der Waals surface area contributed by atoms with E-state index in [1.165, 1.54) is 30.6 Å². The van der Waals surface area contributed by atoms with Gasteiger partial charge in [0, 0.05) is 23.0 Å². The highest BCUT2D eigenvalue weighted by Crippen LogP contribution is 2.39. The fraction of sp³-hybridized carbons (Fsp3) is 0.529. The predicted octanol–water partition coefficient (Wildman–Crippen LogP) is 3.04. The van der Waals surface area contributed by atoms with Crippen LogP contribution in [0.25, 0.3) is 10.6 Å². The van der Waals surface area contributed by atoms with Crippen molar-refractivity contribution in [2.45, 2.75) is 44.2 Å². The number of carbonyl (C=O) groups is 1. The second-order valence-corrected chi connectivity index (χ2v) is 7.59. The molecule has 2 unspecified atom stereocenters. The Morgan fingerprint density at radius 1 is 1.35 bits per heavy atom. The summed E-state index contributed by atoms with van der Waals surface area (Å²) in [4.78, 5) is 17.0. The number of hydrogen-bond acceptors (Lipinski definition) is 5. The molecule has 5 nitrogen and oxygen atoms in total. The summed E-state index contributed by atoms with van der Waals surface area (Å²) in [6.45, 7) is 0. The molecule has 0 saturated heterocycles. The number of nitrogens with two attached hydrogens (primary N) is 1. The zero-order chi connectivity index (χ0) is 15.8.